The molecular formula is C24H23N3O7S. The molecule has 0 aromatic heterocycles. The lowest BCUT2D eigenvalue weighted by Gasteiger charge is -2.12. The van der Waals surface area contributed by atoms with E-state index in [1.54, 1.807) is 32.9 Å². The SMILES string of the molecule is Cc1ccc(C)c(S(=O)(=O)Nc2ccc(C(=O)OCC(=O)Nc3cc([N+](=O)[O-])ccc3C)cc2)c1. The van der Waals surface area contributed by atoms with Crippen LogP contribution in [0.5, 0.6) is 0 Å². The zero-order valence-corrected chi connectivity index (χ0v) is 20.0. The van der Waals surface area contributed by atoms with Gasteiger partial charge in [-0.15, -0.1) is 0 Å². The first-order valence-electron chi connectivity index (χ1n) is 10.4. The molecule has 0 atom stereocenters. The molecule has 0 radical (unpaired) electrons. The normalized spacial score (nSPS) is 10.9. The molecule has 3 aromatic carbocycles. The van der Waals surface area contributed by atoms with Crippen molar-refractivity contribution in [3.05, 3.63) is 93.0 Å². The van der Waals surface area contributed by atoms with E-state index in [2.05, 4.69) is 10.0 Å². The Balaban J connectivity index is 1.60. The molecule has 0 aliphatic rings. The van der Waals surface area contributed by atoms with Crippen LogP contribution in [-0.2, 0) is 19.6 Å². The summed E-state index contributed by atoms with van der Waals surface area (Å²) in [5.74, 6) is -1.46. The second-order valence-corrected chi connectivity index (χ2v) is 9.48. The molecule has 10 nitrogen and oxygen atoms in total. The summed E-state index contributed by atoms with van der Waals surface area (Å²) in [5, 5.41) is 13.4. The Morgan fingerprint density at radius 3 is 2.26 bits per heavy atom. The molecule has 0 aliphatic heterocycles. The van der Waals surface area contributed by atoms with Gasteiger partial charge in [0.25, 0.3) is 21.6 Å². The summed E-state index contributed by atoms with van der Waals surface area (Å²) in [5.41, 5.74) is 2.42. The van der Waals surface area contributed by atoms with Crippen molar-refractivity contribution in [3.8, 4) is 0 Å². The minimum atomic E-state index is -3.82. The highest BCUT2D eigenvalue weighted by atomic mass is 32.2. The first kappa shape index (κ1) is 25.4. The lowest BCUT2D eigenvalue weighted by molar-refractivity contribution is -0.384. The number of hydrogen-bond donors (Lipinski definition) is 2. The summed E-state index contributed by atoms with van der Waals surface area (Å²) in [6.07, 6.45) is 0. The molecule has 1 amide bonds. The van der Waals surface area contributed by atoms with Crippen molar-refractivity contribution in [1.82, 2.24) is 0 Å². The summed E-state index contributed by atoms with van der Waals surface area (Å²) in [6, 6.07) is 14.7. The topological polar surface area (TPSA) is 145 Å². The minimum absolute atomic E-state index is 0.110. The molecule has 182 valence electrons. The Hall–Kier alpha value is -4.25. The smallest absolute Gasteiger partial charge is 0.338 e. The third kappa shape index (κ3) is 6.42. The molecule has 0 unspecified atom stereocenters. The van der Waals surface area contributed by atoms with Crippen molar-refractivity contribution in [3.63, 3.8) is 0 Å². The van der Waals surface area contributed by atoms with Crippen LogP contribution in [0.25, 0.3) is 0 Å². The van der Waals surface area contributed by atoms with Gasteiger partial charge < -0.3 is 10.1 Å². The van der Waals surface area contributed by atoms with Crippen LogP contribution in [0.15, 0.2) is 65.6 Å². The number of carbonyl (C=O) groups excluding carboxylic acids is 2. The Kier molecular flexibility index (Phi) is 7.50. The van der Waals surface area contributed by atoms with E-state index in [4.69, 9.17) is 4.74 Å². The van der Waals surface area contributed by atoms with Crippen LogP contribution in [0.3, 0.4) is 0 Å². The molecule has 0 bridgehead atoms. The molecule has 3 aromatic rings. The first-order valence-corrected chi connectivity index (χ1v) is 11.9. The van der Waals surface area contributed by atoms with Gasteiger partial charge in [-0.3, -0.25) is 19.6 Å². The van der Waals surface area contributed by atoms with Crippen molar-refractivity contribution >= 4 is 39.0 Å². The van der Waals surface area contributed by atoms with Crippen LogP contribution in [0, 0.1) is 30.9 Å². The van der Waals surface area contributed by atoms with Crippen LogP contribution in [0.1, 0.15) is 27.0 Å². The van der Waals surface area contributed by atoms with Crippen LogP contribution in [0.4, 0.5) is 17.1 Å². The van der Waals surface area contributed by atoms with Crippen molar-refractivity contribution in [2.75, 3.05) is 16.6 Å². The molecule has 0 aliphatic carbocycles. The van der Waals surface area contributed by atoms with E-state index in [-0.39, 0.29) is 27.5 Å². The van der Waals surface area contributed by atoms with E-state index in [0.717, 1.165) is 5.56 Å². The van der Waals surface area contributed by atoms with Gasteiger partial charge >= 0.3 is 5.97 Å². The summed E-state index contributed by atoms with van der Waals surface area (Å²) in [4.78, 5) is 34.9. The van der Waals surface area contributed by atoms with Gasteiger partial charge in [-0.25, -0.2) is 13.2 Å². The summed E-state index contributed by atoms with van der Waals surface area (Å²) >= 11 is 0. The molecule has 2 N–H and O–H groups in total. The lowest BCUT2D eigenvalue weighted by atomic mass is 10.2. The second-order valence-electron chi connectivity index (χ2n) is 7.83. The van der Waals surface area contributed by atoms with Crippen LogP contribution in [-0.4, -0.2) is 31.8 Å². The van der Waals surface area contributed by atoms with Crippen LogP contribution >= 0.6 is 0 Å². The molecule has 35 heavy (non-hydrogen) atoms. The average molecular weight is 498 g/mol. The van der Waals surface area contributed by atoms with E-state index in [1.165, 1.54) is 42.5 Å². The van der Waals surface area contributed by atoms with Gasteiger partial charge in [0.1, 0.15) is 0 Å². The van der Waals surface area contributed by atoms with E-state index < -0.39 is 33.4 Å². The van der Waals surface area contributed by atoms with Gasteiger partial charge in [-0.05, 0) is 67.8 Å². The third-order valence-corrected chi connectivity index (χ3v) is 6.57. The zero-order valence-electron chi connectivity index (χ0n) is 19.2. The van der Waals surface area contributed by atoms with E-state index in [9.17, 15) is 28.1 Å². The number of sulfonamides is 1. The number of amides is 1. The number of nitro benzene ring substituents is 1. The lowest BCUT2D eigenvalue weighted by Crippen LogP contribution is -2.21. The number of carbonyl (C=O) groups is 2. The molecule has 0 saturated carbocycles. The standard InChI is InChI=1S/C24H23N3O7S/c1-15-4-5-17(3)22(12-15)35(32,33)26-19-9-7-18(8-10-19)24(29)34-14-23(28)25-21-13-20(27(30)31)11-6-16(21)2/h4-13,26H,14H2,1-3H3,(H,25,28). The largest absolute Gasteiger partial charge is 0.452 e. The van der Waals surface area contributed by atoms with Gasteiger partial charge in [-0.1, -0.05) is 18.2 Å². The van der Waals surface area contributed by atoms with E-state index in [1.807, 2.05) is 6.07 Å². The summed E-state index contributed by atoms with van der Waals surface area (Å²) in [6.45, 7) is 4.55. The molecule has 0 saturated heterocycles. The van der Waals surface area contributed by atoms with E-state index in [0.29, 0.717) is 11.1 Å². The number of rotatable bonds is 8. The molecular weight excluding hydrogens is 474 g/mol. The highest BCUT2D eigenvalue weighted by Crippen LogP contribution is 2.23. The maximum absolute atomic E-state index is 12.7. The Bertz CT molecular complexity index is 1400. The fourth-order valence-electron chi connectivity index (χ4n) is 3.14. The molecule has 0 spiro atoms. The number of nitro groups is 1. The Labute approximate surface area is 202 Å². The number of hydrogen-bond acceptors (Lipinski definition) is 7. The average Bonchev–Trinajstić information content (AvgIpc) is 2.80. The van der Waals surface area contributed by atoms with Crippen molar-refractivity contribution in [2.45, 2.75) is 25.7 Å². The van der Waals surface area contributed by atoms with Crippen molar-refractivity contribution in [1.29, 1.82) is 0 Å². The summed E-state index contributed by atoms with van der Waals surface area (Å²) in [7, 11) is -3.82. The molecule has 0 heterocycles. The zero-order chi connectivity index (χ0) is 25.8. The first-order chi connectivity index (χ1) is 16.5. The maximum atomic E-state index is 12.7. The molecule has 0 fully saturated rings. The Morgan fingerprint density at radius 2 is 1.60 bits per heavy atom. The number of benzene rings is 3. The van der Waals surface area contributed by atoms with Gasteiger partial charge in [-0.2, -0.15) is 0 Å². The molecule has 3 rings (SSSR count). The maximum Gasteiger partial charge on any atom is 0.338 e. The second kappa shape index (κ2) is 10.3. The fraction of sp³-hybridized carbons (Fsp3) is 0.167. The van der Waals surface area contributed by atoms with Gasteiger partial charge in [0.15, 0.2) is 6.61 Å². The highest BCUT2D eigenvalue weighted by molar-refractivity contribution is 7.92. The van der Waals surface area contributed by atoms with Crippen LogP contribution in [0.2, 0.25) is 0 Å². The number of ether oxygens (including phenoxy) is 1. The van der Waals surface area contributed by atoms with Crippen molar-refractivity contribution < 1.29 is 27.7 Å². The fourth-order valence-corrected chi connectivity index (χ4v) is 4.53. The van der Waals surface area contributed by atoms with Gasteiger partial charge in [0, 0.05) is 17.8 Å². The van der Waals surface area contributed by atoms with Gasteiger partial charge in [0.2, 0.25) is 0 Å². The number of non-ortho nitro benzene ring substituents is 1. The number of anilines is 2. The number of nitrogens with one attached hydrogen (secondary N) is 2. The minimum Gasteiger partial charge on any atom is -0.452 e. The summed E-state index contributed by atoms with van der Waals surface area (Å²) < 4.78 is 32.9. The van der Waals surface area contributed by atoms with E-state index >= 15 is 0 Å². The Morgan fingerprint density at radius 1 is 0.943 bits per heavy atom. The predicted octanol–water partition coefficient (Wildman–Crippen LogP) is 4.12. The molecule has 11 heteroatoms. The highest BCUT2D eigenvalue weighted by Gasteiger charge is 2.18. The van der Waals surface area contributed by atoms with Crippen LogP contribution < -0.4 is 10.0 Å². The van der Waals surface area contributed by atoms with Gasteiger partial charge in [0.05, 0.1) is 21.1 Å². The monoisotopic (exact) mass is 497 g/mol. The quantitative estimate of drug-likeness (QED) is 0.270. The number of aryl methyl sites for hydroxylation is 3. The predicted molar refractivity (Wildman–Crippen MR) is 130 cm³/mol. The third-order valence-electron chi connectivity index (χ3n) is 5.05. The number of nitrogens with zero attached hydrogens (tertiary/aromatic N) is 1. The van der Waals surface area contributed by atoms with Crippen molar-refractivity contribution in [2.24, 2.45) is 0 Å². The number of esters is 1.